The van der Waals surface area contributed by atoms with E-state index in [-0.39, 0.29) is 18.1 Å². The summed E-state index contributed by atoms with van der Waals surface area (Å²) in [4.78, 5) is 20.2. The van der Waals surface area contributed by atoms with Gasteiger partial charge in [-0.3, -0.25) is 9.69 Å². The molecular formula is C21H34N4O2. The summed E-state index contributed by atoms with van der Waals surface area (Å²) in [7, 11) is 2.14. The Labute approximate surface area is 163 Å². The molecule has 27 heavy (non-hydrogen) atoms. The molecule has 2 fully saturated rings. The van der Waals surface area contributed by atoms with E-state index in [4.69, 9.17) is 10.5 Å². The molecule has 0 radical (unpaired) electrons. The molecule has 1 aromatic rings. The number of piperazine rings is 1. The molecule has 6 heteroatoms. The summed E-state index contributed by atoms with van der Waals surface area (Å²) < 4.78 is 5.89. The lowest BCUT2D eigenvalue weighted by Gasteiger charge is -2.41. The lowest BCUT2D eigenvalue weighted by molar-refractivity contribution is -0.140. The molecule has 0 aromatic heterocycles. The number of rotatable bonds is 7. The molecule has 2 aliphatic heterocycles. The first kappa shape index (κ1) is 20.3. The van der Waals surface area contributed by atoms with E-state index in [1.165, 1.54) is 0 Å². The van der Waals surface area contributed by atoms with Gasteiger partial charge in [-0.05, 0) is 38.4 Å². The summed E-state index contributed by atoms with van der Waals surface area (Å²) in [6.07, 6.45) is 3.00. The molecule has 0 aliphatic carbocycles. The van der Waals surface area contributed by atoms with Crippen molar-refractivity contribution in [3.8, 4) is 0 Å². The van der Waals surface area contributed by atoms with Crippen LogP contribution in [0.15, 0.2) is 30.3 Å². The molecule has 1 amide bonds. The summed E-state index contributed by atoms with van der Waals surface area (Å²) in [6.45, 7) is 6.83. The Morgan fingerprint density at radius 3 is 2.41 bits per heavy atom. The first-order valence-corrected chi connectivity index (χ1v) is 10.3. The van der Waals surface area contributed by atoms with Gasteiger partial charge in [0.15, 0.2) is 0 Å². The minimum Gasteiger partial charge on any atom is -0.378 e. The maximum absolute atomic E-state index is 13.5. The first-order valence-electron chi connectivity index (χ1n) is 10.3. The zero-order chi connectivity index (χ0) is 19.1. The van der Waals surface area contributed by atoms with E-state index in [0.717, 1.165) is 70.7 Å². The number of hydrogen-bond acceptors (Lipinski definition) is 5. The van der Waals surface area contributed by atoms with Crippen LogP contribution in [0.1, 0.15) is 30.9 Å². The van der Waals surface area contributed by atoms with Gasteiger partial charge in [-0.15, -0.1) is 0 Å². The van der Waals surface area contributed by atoms with Gasteiger partial charge in [-0.1, -0.05) is 30.3 Å². The number of likely N-dealkylation sites (tertiary alicyclic amines) is 1. The SMILES string of the molecule is CN1CCN(C(C(=O)N2CCC(OCCCN)CC2)c2ccccc2)CC1. The molecule has 150 valence electrons. The van der Waals surface area contributed by atoms with Gasteiger partial charge in [0.05, 0.1) is 6.10 Å². The quantitative estimate of drug-likeness (QED) is 0.730. The number of hydrogen-bond donors (Lipinski definition) is 1. The summed E-state index contributed by atoms with van der Waals surface area (Å²) >= 11 is 0. The first-order chi connectivity index (χ1) is 13.2. The summed E-state index contributed by atoms with van der Waals surface area (Å²) in [5, 5.41) is 0. The molecule has 3 rings (SSSR count). The molecular weight excluding hydrogens is 340 g/mol. The second kappa shape index (κ2) is 10.2. The van der Waals surface area contributed by atoms with E-state index in [1.54, 1.807) is 0 Å². The summed E-state index contributed by atoms with van der Waals surface area (Å²) in [5.41, 5.74) is 6.64. The molecule has 2 saturated heterocycles. The molecule has 0 spiro atoms. The monoisotopic (exact) mass is 374 g/mol. The van der Waals surface area contributed by atoms with Crippen molar-refractivity contribution in [2.45, 2.75) is 31.4 Å². The van der Waals surface area contributed by atoms with E-state index in [1.807, 2.05) is 23.1 Å². The van der Waals surface area contributed by atoms with Gasteiger partial charge >= 0.3 is 0 Å². The fourth-order valence-electron chi connectivity index (χ4n) is 3.97. The van der Waals surface area contributed by atoms with Crippen LogP contribution in [-0.4, -0.2) is 86.2 Å². The standard InChI is InChI=1S/C21H34N4O2/c1-23-13-15-24(16-14-23)20(18-6-3-2-4-7-18)21(26)25-11-8-19(9-12-25)27-17-5-10-22/h2-4,6-7,19-20H,5,8-17,22H2,1H3. The van der Waals surface area contributed by atoms with Crippen LogP contribution in [0.25, 0.3) is 0 Å². The van der Waals surface area contributed by atoms with Crippen molar-refractivity contribution in [1.29, 1.82) is 0 Å². The molecule has 2 heterocycles. The molecule has 0 bridgehead atoms. The highest BCUT2D eigenvalue weighted by Gasteiger charge is 2.34. The number of carbonyl (C=O) groups is 1. The topological polar surface area (TPSA) is 62.0 Å². The van der Waals surface area contributed by atoms with Gasteiger partial charge in [-0.25, -0.2) is 0 Å². The number of likely N-dealkylation sites (N-methyl/N-ethyl adjacent to an activating group) is 1. The molecule has 1 unspecified atom stereocenters. The highest BCUT2D eigenvalue weighted by atomic mass is 16.5. The minimum absolute atomic E-state index is 0.172. The number of carbonyl (C=O) groups excluding carboxylic acids is 1. The summed E-state index contributed by atoms with van der Waals surface area (Å²) in [5.74, 6) is 0.242. The van der Waals surface area contributed by atoms with Crippen molar-refractivity contribution in [3.63, 3.8) is 0 Å². The Morgan fingerprint density at radius 2 is 1.78 bits per heavy atom. The molecule has 6 nitrogen and oxygen atoms in total. The summed E-state index contributed by atoms with van der Waals surface area (Å²) in [6, 6.07) is 10.1. The lowest BCUT2D eigenvalue weighted by atomic mass is 10.0. The average Bonchev–Trinajstić information content (AvgIpc) is 2.71. The maximum atomic E-state index is 13.5. The van der Waals surface area contributed by atoms with Crippen molar-refractivity contribution in [2.75, 3.05) is 59.5 Å². The second-order valence-electron chi connectivity index (χ2n) is 7.69. The fraction of sp³-hybridized carbons (Fsp3) is 0.667. The zero-order valence-electron chi connectivity index (χ0n) is 16.6. The van der Waals surface area contributed by atoms with Gasteiger partial charge in [0, 0.05) is 45.9 Å². The van der Waals surface area contributed by atoms with E-state index >= 15 is 0 Å². The third-order valence-electron chi connectivity index (χ3n) is 5.71. The third kappa shape index (κ3) is 5.51. The molecule has 2 aliphatic rings. The van der Waals surface area contributed by atoms with Crippen molar-refractivity contribution in [3.05, 3.63) is 35.9 Å². The van der Waals surface area contributed by atoms with E-state index in [2.05, 4.69) is 29.0 Å². The third-order valence-corrected chi connectivity index (χ3v) is 5.71. The molecule has 2 N–H and O–H groups in total. The Morgan fingerprint density at radius 1 is 1.11 bits per heavy atom. The van der Waals surface area contributed by atoms with Gasteiger partial charge in [0.2, 0.25) is 5.91 Å². The Hall–Kier alpha value is -1.47. The van der Waals surface area contributed by atoms with E-state index in [9.17, 15) is 4.79 Å². The maximum Gasteiger partial charge on any atom is 0.244 e. The zero-order valence-corrected chi connectivity index (χ0v) is 16.6. The van der Waals surface area contributed by atoms with Crippen LogP contribution in [0.4, 0.5) is 0 Å². The van der Waals surface area contributed by atoms with Crippen LogP contribution in [-0.2, 0) is 9.53 Å². The van der Waals surface area contributed by atoms with Crippen molar-refractivity contribution in [1.82, 2.24) is 14.7 Å². The van der Waals surface area contributed by atoms with Crippen molar-refractivity contribution >= 4 is 5.91 Å². The predicted octanol–water partition coefficient (Wildman–Crippen LogP) is 1.33. The molecule has 1 aromatic carbocycles. The Balaban J connectivity index is 1.63. The number of nitrogens with two attached hydrogens (primary N) is 1. The minimum atomic E-state index is -0.172. The van der Waals surface area contributed by atoms with Crippen LogP contribution < -0.4 is 5.73 Å². The largest absolute Gasteiger partial charge is 0.378 e. The molecule has 0 saturated carbocycles. The van der Waals surface area contributed by atoms with E-state index < -0.39 is 0 Å². The number of nitrogens with zero attached hydrogens (tertiary/aromatic N) is 3. The highest BCUT2D eigenvalue weighted by molar-refractivity contribution is 5.83. The predicted molar refractivity (Wildman–Crippen MR) is 107 cm³/mol. The number of piperidine rings is 1. The van der Waals surface area contributed by atoms with Gasteiger partial charge in [0.1, 0.15) is 6.04 Å². The van der Waals surface area contributed by atoms with Crippen LogP contribution in [0.5, 0.6) is 0 Å². The van der Waals surface area contributed by atoms with Crippen molar-refractivity contribution < 1.29 is 9.53 Å². The lowest BCUT2D eigenvalue weighted by Crippen LogP contribution is -2.52. The van der Waals surface area contributed by atoms with Crippen molar-refractivity contribution in [2.24, 2.45) is 5.73 Å². The molecule has 1 atom stereocenters. The smallest absolute Gasteiger partial charge is 0.244 e. The highest BCUT2D eigenvalue weighted by Crippen LogP contribution is 2.26. The number of benzene rings is 1. The van der Waals surface area contributed by atoms with Crippen LogP contribution >= 0.6 is 0 Å². The normalized spacial score (nSPS) is 21.3. The van der Waals surface area contributed by atoms with Crippen LogP contribution in [0, 0.1) is 0 Å². The number of ether oxygens (including phenoxy) is 1. The number of amides is 1. The average molecular weight is 375 g/mol. The Bertz CT molecular complexity index is 567. The van der Waals surface area contributed by atoms with Crippen LogP contribution in [0.3, 0.4) is 0 Å². The van der Waals surface area contributed by atoms with Gasteiger partial charge in [0.25, 0.3) is 0 Å². The Kier molecular flexibility index (Phi) is 7.64. The second-order valence-corrected chi connectivity index (χ2v) is 7.69. The van der Waals surface area contributed by atoms with E-state index in [0.29, 0.717) is 6.54 Å². The fourth-order valence-corrected chi connectivity index (χ4v) is 3.97. The van der Waals surface area contributed by atoms with Gasteiger partial charge < -0.3 is 20.3 Å². The van der Waals surface area contributed by atoms with Gasteiger partial charge in [-0.2, -0.15) is 0 Å². The van der Waals surface area contributed by atoms with Crippen LogP contribution in [0.2, 0.25) is 0 Å².